The quantitative estimate of drug-likeness (QED) is 0.827. The topological polar surface area (TPSA) is 62.7 Å². The summed E-state index contributed by atoms with van der Waals surface area (Å²) in [5.41, 5.74) is 5.16. The summed E-state index contributed by atoms with van der Waals surface area (Å²) >= 11 is 5.59. The SMILES string of the molecule is N#CCc1nc(C(F)F)cc(Cl)c1N. The first kappa shape index (κ1) is 10.7. The van der Waals surface area contributed by atoms with Crippen LogP contribution in [0, 0.1) is 11.3 Å². The van der Waals surface area contributed by atoms with Crippen molar-refractivity contribution in [3.05, 3.63) is 22.5 Å². The zero-order chi connectivity index (χ0) is 10.7. The largest absolute Gasteiger partial charge is 0.396 e. The van der Waals surface area contributed by atoms with Gasteiger partial charge in [0, 0.05) is 0 Å². The van der Waals surface area contributed by atoms with Gasteiger partial charge < -0.3 is 5.73 Å². The summed E-state index contributed by atoms with van der Waals surface area (Å²) in [6, 6.07) is 2.77. The van der Waals surface area contributed by atoms with Crippen molar-refractivity contribution < 1.29 is 8.78 Å². The van der Waals surface area contributed by atoms with Crippen LogP contribution in [0.1, 0.15) is 17.8 Å². The van der Waals surface area contributed by atoms with Crippen molar-refractivity contribution in [1.29, 1.82) is 5.26 Å². The second kappa shape index (κ2) is 4.20. The van der Waals surface area contributed by atoms with Crippen LogP contribution in [0.5, 0.6) is 0 Å². The van der Waals surface area contributed by atoms with Crippen LogP contribution in [0.4, 0.5) is 14.5 Å². The number of aromatic nitrogens is 1. The van der Waals surface area contributed by atoms with Gasteiger partial charge in [0.1, 0.15) is 5.69 Å². The van der Waals surface area contributed by atoms with Gasteiger partial charge in [0.15, 0.2) is 0 Å². The summed E-state index contributed by atoms with van der Waals surface area (Å²) in [6.45, 7) is 0. The fourth-order valence-electron chi connectivity index (χ4n) is 0.915. The maximum absolute atomic E-state index is 12.3. The first-order chi connectivity index (χ1) is 6.56. The predicted molar refractivity (Wildman–Crippen MR) is 47.9 cm³/mol. The minimum Gasteiger partial charge on any atom is -0.396 e. The van der Waals surface area contributed by atoms with E-state index in [0.29, 0.717) is 0 Å². The second-order valence-electron chi connectivity index (χ2n) is 2.52. The Hall–Kier alpha value is -1.41. The van der Waals surface area contributed by atoms with Crippen molar-refractivity contribution in [2.24, 2.45) is 0 Å². The van der Waals surface area contributed by atoms with Crippen LogP contribution in [0.2, 0.25) is 5.02 Å². The molecule has 0 radical (unpaired) electrons. The highest BCUT2D eigenvalue weighted by Gasteiger charge is 2.14. The van der Waals surface area contributed by atoms with Gasteiger partial charge in [-0.3, -0.25) is 0 Å². The van der Waals surface area contributed by atoms with Crippen molar-refractivity contribution in [2.45, 2.75) is 12.8 Å². The molecule has 74 valence electrons. The molecule has 0 aliphatic rings. The summed E-state index contributed by atoms with van der Waals surface area (Å²) in [7, 11) is 0. The van der Waals surface area contributed by atoms with Crippen LogP contribution in [0.25, 0.3) is 0 Å². The van der Waals surface area contributed by atoms with Crippen molar-refractivity contribution in [1.82, 2.24) is 4.98 Å². The van der Waals surface area contributed by atoms with Crippen molar-refractivity contribution in [2.75, 3.05) is 5.73 Å². The highest BCUT2D eigenvalue weighted by Crippen LogP contribution is 2.27. The molecule has 14 heavy (non-hydrogen) atoms. The lowest BCUT2D eigenvalue weighted by atomic mass is 10.2. The zero-order valence-electron chi connectivity index (χ0n) is 6.97. The molecule has 1 aromatic heterocycles. The van der Waals surface area contributed by atoms with E-state index < -0.39 is 12.1 Å². The van der Waals surface area contributed by atoms with E-state index in [-0.39, 0.29) is 22.8 Å². The van der Waals surface area contributed by atoms with Gasteiger partial charge in [-0.05, 0) is 6.07 Å². The van der Waals surface area contributed by atoms with E-state index >= 15 is 0 Å². The normalized spacial score (nSPS) is 10.2. The molecule has 0 unspecified atom stereocenters. The van der Waals surface area contributed by atoms with E-state index in [4.69, 9.17) is 22.6 Å². The molecular weight excluding hydrogens is 212 g/mol. The van der Waals surface area contributed by atoms with Crippen LogP contribution in [0.15, 0.2) is 6.07 Å². The number of pyridine rings is 1. The molecule has 0 atom stereocenters. The molecule has 0 spiro atoms. The summed E-state index contributed by atoms with van der Waals surface area (Å²) in [5, 5.41) is 8.39. The summed E-state index contributed by atoms with van der Waals surface area (Å²) < 4.78 is 24.5. The van der Waals surface area contributed by atoms with Gasteiger partial charge >= 0.3 is 0 Å². The summed E-state index contributed by atoms with van der Waals surface area (Å²) in [6.07, 6.45) is -2.85. The molecule has 2 N–H and O–H groups in total. The van der Waals surface area contributed by atoms with Crippen LogP contribution in [0.3, 0.4) is 0 Å². The Kier molecular flexibility index (Phi) is 3.20. The van der Waals surface area contributed by atoms with Crippen LogP contribution in [-0.2, 0) is 6.42 Å². The van der Waals surface area contributed by atoms with Gasteiger partial charge in [-0.15, -0.1) is 0 Å². The molecular formula is C8H6ClF2N3. The Labute approximate surface area is 84.1 Å². The van der Waals surface area contributed by atoms with Crippen molar-refractivity contribution >= 4 is 17.3 Å². The molecule has 1 heterocycles. The Morgan fingerprint density at radius 2 is 2.29 bits per heavy atom. The monoisotopic (exact) mass is 217 g/mol. The Morgan fingerprint density at radius 1 is 1.64 bits per heavy atom. The number of anilines is 1. The van der Waals surface area contributed by atoms with Crippen LogP contribution >= 0.6 is 11.6 Å². The molecule has 1 aromatic rings. The number of halogens is 3. The highest BCUT2D eigenvalue weighted by molar-refractivity contribution is 6.33. The predicted octanol–water partition coefficient (Wildman–Crippen LogP) is 2.32. The number of nitrogen functional groups attached to an aromatic ring is 1. The second-order valence-corrected chi connectivity index (χ2v) is 2.93. The molecule has 0 aliphatic carbocycles. The number of rotatable bonds is 2. The number of nitriles is 1. The standard InChI is InChI=1S/C8H6ClF2N3/c9-4-3-6(8(10)11)14-5(1-2-12)7(4)13/h3,8H,1,13H2. The lowest BCUT2D eigenvalue weighted by Crippen LogP contribution is -2.02. The van der Waals surface area contributed by atoms with Crippen LogP contribution in [-0.4, -0.2) is 4.98 Å². The van der Waals surface area contributed by atoms with Gasteiger partial charge in [0.05, 0.1) is 28.9 Å². The summed E-state index contributed by atoms with van der Waals surface area (Å²) in [4.78, 5) is 3.54. The van der Waals surface area contributed by atoms with Gasteiger partial charge in [0.2, 0.25) is 0 Å². The number of hydrogen-bond acceptors (Lipinski definition) is 3. The smallest absolute Gasteiger partial charge is 0.280 e. The average Bonchev–Trinajstić information content (AvgIpc) is 2.12. The molecule has 0 aliphatic heterocycles. The number of alkyl halides is 2. The van der Waals surface area contributed by atoms with Crippen molar-refractivity contribution in [3.8, 4) is 6.07 Å². The highest BCUT2D eigenvalue weighted by atomic mass is 35.5. The van der Waals surface area contributed by atoms with Gasteiger partial charge in [0.25, 0.3) is 6.43 Å². The number of hydrogen-bond donors (Lipinski definition) is 1. The molecule has 1 rings (SSSR count). The summed E-state index contributed by atoms with van der Waals surface area (Å²) in [5.74, 6) is 0. The average molecular weight is 218 g/mol. The maximum atomic E-state index is 12.3. The lowest BCUT2D eigenvalue weighted by Gasteiger charge is -2.06. The minimum atomic E-state index is -2.72. The molecule has 0 bridgehead atoms. The number of nitrogens with two attached hydrogens (primary N) is 1. The third-order valence-corrected chi connectivity index (χ3v) is 1.89. The van der Waals surface area contributed by atoms with E-state index in [1.807, 2.05) is 0 Å². The van der Waals surface area contributed by atoms with E-state index in [1.165, 1.54) is 0 Å². The first-order valence-corrected chi connectivity index (χ1v) is 4.04. The van der Waals surface area contributed by atoms with Gasteiger partial charge in [-0.2, -0.15) is 5.26 Å². The molecule has 6 heteroatoms. The van der Waals surface area contributed by atoms with Crippen molar-refractivity contribution in [3.63, 3.8) is 0 Å². The first-order valence-electron chi connectivity index (χ1n) is 3.66. The Balaban J connectivity index is 3.22. The number of nitrogens with zero attached hydrogens (tertiary/aromatic N) is 2. The van der Waals surface area contributed by atoms with Gasteiger partial charge in [-0.1, -0.05) is 11.6 Å². The fourth-order valence-corrected chi connectivity index (χ4v) is 1.14. The molecule has 0 saturated carbocycles. The van der Waals surface area contributed by atoms with E-state index in [1.54, 1.807) is 6.07 Å². The minimum absolute atomic E-state index is 0.000509. The molecule has 3 nitrogen and oxygen atoms in total. The molecule has 0 saturated heterocycles. The molecule has 0 aromatic carbocycles. The molecule has 0 fully saturated rings. The Bertz CT molecular complexity index is 387. The third-order valence-electron chi connectivity index (χ3n) is 1.58. The van der Waals surface area contributed by atoms with Gasteiger partial charge in [-0.25, -0.2) is 13.8 Å². The molecule has 0 amide bonds. The zero-order valence-corrected chi connectivity index (χ0v) is 7.72. The Morgan fingerprint density at radius 3 is 2.79 bits per heavy atom. The van der Waals surface area contributed by atoms with Crippen LogP contribution < -0.4 is 5.73 Å². The van der Waals surface area contributed by atoms with E-state index in [0.717, 1.165) is 6.07 Å². The maximum Gasteiger partial charge on any atom is 0.280 e. The fraction of sp³-hybridized carbons (Fsp3) is 0.250. The van der Waals surface area contributed by atoms with E-state index in [2.05, 4.69) is 4.98 Å². The third kappa shape index (κ3) is 2.09. The lowest BCUT2D eigenvalue weighted by molar-refractivity contribution is 0.146. The van der Waals surface area contributed by atoms with E-state index in [9.17, 15) is 8.78 Å².